The molecule has 2 aliphatic rings. The fraction of sp³-hybridized carbons (Fsp3) is 0.440. The first-order valence-corrected chi connectivity index (χ1v) is 11.6. The molecule has 0 radical (unpaired) electrons. The molecular weight excluding hydrogens is 477 g/mol. The Labute approximate surface area is 205 Å². The second kappa shape index (κ2) is 9.20. The first kappa shape index (κ1) is 24.2. The van der Waals surface area contributed by atoms with Gasteiger partial charge in [-0.05, 0) is 59.9 Å². The number of hydrogen-bond donors (Lipinski definition) is 0. The molecule has 4 atom stereocenters. The molecule has 2 heterocycles. The van der Waals surface area contributed by atoms with E-state index in [9.17, 15) is 18.0 Å². The Morgan fingerprint density at radius 2 is 1.86 bits per heavy atom. The minimum absolute atomic E-state index is 0.145. The molecule has 11 heteroatoms. The molecule has 0 amide bonds. The van der Waals surface area contributed by atoms with Crippen LogP contribution >= 0.6 is 0 Å². The predicted molar refractivity (Wildman–Crippen MR) is 120 cm³/mol. The van der Waals surface area contributed by atoms with Crippen molar-refractivity contribution in [2.75, 3.05) is 14.2 Å². The van der Waals surface area contributed by atoms with Crippen LogP contribution < -0.4 is 4.74 Å². The average molecular weight is 502 g/mol. The number of carbonyl (C=O) groups is 1. The number of carbonyl (C=O) groups excluding carboxylic acids is 1. The zero-order chi connectivity index (χ0) is 25.5. The molecule has 0 bridgehead atoms. The number of ether oxygens (including phenoxy) is 3. The Morgan fingerprint density at radius 1 is 1.11 bits per heavy atom. The minimum atomic E-state index is -4.72. The summed E-state index contributed by atoms with van der Waals surface area (Å²) in [4.78, 5) is 12.7. The van der Waals surface area contributed by atoms with E-state index >= 15 is 0 Å². The highest BCUT2D eigenvalue weighted by molar-refractivity contribution is 5.74. The second-order valence-electron chi connectivity index (χ2n) is 9.10. The molecular formula is C25H25F3N4O4. The number of rotatable bonds is 5. The van der Waals surface area contributed by atoms with E-state index in [2.05, 4.69) is 15.5 Å². The third-order valence-electron chi connectivity index (χ3n) is 7.24. The topological polar surface area (TPSA) is 88.4 Å². The molecule has 2 aromatic carbocycles. The van der Waals surface area contributed by atoms with Crippen molar-refractivity contribution in [2.45, 2.75) is 49.5 Å². The predicted octanol–water partition coefficient (Wildman–Crippen LogP) is 4.65. The fourth-order valence-corrected chi connectivity index (χ4v) is 5.74. The lowest BCUT2D eigenvalue weighted by Gasteiger charge is -2.34. The Morgan fingerprint density at radius 3 is 2.56 bits per heavy atom. The van der Waals surface area contributed by atoms with Crippen LogP contribution in [0.2, 0.25) is 0 Å². The molecule has 1 saturated heterocycles. The molecule has 0 N–H and O–H groups in total. The molecule has 1 saturated carbocycles. The Balaban J connectivity index is 1.51. The van der Waals surface area contributed by atoms with Crippen LogP contribution in [0.3, 0.4) is 0 Å². The van der Waals surface area contributed by atoms with Crippen LogP contribution in [-0.4, -0.2) is 46.0 Å². The van der Waals surface area contributed by atoms with Crippen LogP contribution in [-0.2, 0) is 20.4 Å². The summed E-state index contributed by atoms with van der Waals surface area (Å²) in [7, 11) is 2.88. The quantitative estimate of drug-likeness (QED) is 0.470. The molecule has 8 nitrogen and oxygen atoms in total. The van der Waals surface area contributed by atoms with Crippen LogP contribution in [0.15, 0.2) is 48.5 Å². The van der Waals surface area contributed by atoms with E-state index < -0.39 is 23.7 Å². The first-order valence-electron chi connectivity index (χ1n) is 11.6. The van der Waals surface area contributed by atoms with Gasteiger partial charge >= 0.3 is 12.1 Å². The van der Waals surface area contributed by atoms with Crippen molar-refractivity contribution in [1.29, 1.82) is 0 Å². The maximum Gasteiger partial charge on any atom is 0.453 e. The second-order valence-corrected chi connectivity index (χ2v) is 9.10. The number of aromatic nitrogens is 4. The number of halogens is 3. The van der Waals surface area contributed by atoms with Gasteiger partial charge in [-0.25, -0.2) is 0 Å². The molecule has 1 spiro atoms. The molecule has 3 unspecified atom stereocenters. The largest absolute Gasteiger partial charge is 0.496 e. The van der Waals surface area contributed by atoms with E-state index in [-0.39, 0.29) is 23.5 Å². The van der Waals surface area contributed by atoms with Crippen LogP contribution in [0.25, 0.3) is 5.69 Å². The lowest BCUT2D eigenvalue weighted by molar-refractivity contribution is -0.147. The van der Waals surface area contributed by atoms with Gasteiger partial charge in [0, 0.05) is 11.5 Å². The third kappa shape index (κ3) is 4.11. The van der Waals surface area contributed by atoms with Gasteiger partial charge in [0.15, 0.2) is 0 Å². The van der Waals surface area contributed by atoms with Gasteiger partial charge in [0.05, 0.1) is 37.5 Å². The number of nitrogens with zero attached hydrogens (tertiary/aromatic N) is 4. The SMILES string of the molecule is COC(=O)C1CC[C@@]2(CCC(c3cc(-n4nnnc4C(F)(F)F)ccc3OC)O2)C1c1ccccc1. The van der Waals surface area contributed by atoms with E-state index in [1.807, 2.05) is 30.3 Å². The summed E-state index contributed by atoms with van der Waals surface area (Å²) >= 11 is 0. The van der Waals surface area contributed by atoms with Crippen LogP contribution in [0.1, 0.15) is 54.7 Å². The minimum Gasteiger partial charge on any atom is -0.496 e. The molecule has 3 aromatic rings. The zero-order valence-electron chi connectivity index (χ0n) is 19.7. The summed E-state index contributed by atoms with van der Waals surface area (Å²) in [5.41, 5.74) is 1.13. The highest BCUT2D eigenvalue weighted by atomic mass is 19.4. The summed E-state index contributed by atoms with van der Waals surface area (Å²) in [6, 6.07) is 14.4. The Hall–Kier alpha value is -3.47. The number of benzene rings is 2. The fourth-order valence-electron chi connectivity index (χ4n) is 5.74. The summed E-state index contributed by atoms with van der Waals surface area (Å²) in [6.45, 7) is 0. The van der Waals surface area contributed by atoms with Gasteiger partial charge in [0.1, 0.15) is 5.75 Å². The molecule has 36 heavy (non-hydrogen) atoms. The van der Waals surface area contributed by atoms with Gasteiger partial charge in [-0.2, -0.15) is 17.9 Å². The average Bonchev–Trinajstić information content (AvgIpc) is 3.63. The zero-order valence-corrected chi connectivity index (χ0v) is 19.7. The molecule has 5 rings (SSSR count). The van der Waals surface area contributed by atoms with Crippen molar-refractivity contribution in [2.24, 2.45) is 5.92 Å². The van der Waals surface area contributed by atoms with Gasteiger partial charge in [0.25, 0.3) is 5.82 Å². The molecule has 1 aliphatic heterocycles. The Bertz CT molecular complexity index is 1250. The molecule has 190 valence electrons. The highest BCUT2D eigenvalue weighted by Crippen LogP contribution is 2.58. The smallest absolute Gasteiger partial charge is 0.453 e. The summed E-state index contributed by atoms with van der Waals surface area (Å²) < 4.78 is 58.2. The maximum atomic E-state index is 13.4. The molecule has 1 aliphatic carbocycles. The van der Waals surface area contributed by atoms with Crippen LogP contribution in [0.4, 0.5) is 13.2 Å². The number of esters is 1. The summed E-state index contributed by atoms with van der Waals surface area (Å²) in [6.07, 6.45) is -2.59. The standard InChI is InChI=1S/C25H25F3N4O4/c1-34-19-9-8-16(32-23(25(26,27)28)29-30-31-32)14-18(19)20-11-13-24(36-20)12-10-17(22(33)35-2)21(24)15-6-4-3-5-7-15/h3-9,14,17,20-21H,10-13H2,1-2H3/t17?,20?,21?,24-/m1/s1. The van der Waals surface area contributed by atoms with E-state index in [0.717, 1.165) is 5.56 Å². The van der Waals surface area contributed by atoms with Crippen LogP contribution in [0.5, 0.6) is 5.75 Å². The van der Waals surface area contributed by atoms with Crippen molar-refractivity contribution in [3.8, 4) is 11.4 Å². The van der Waals surface area contributed by atoms with Gasteiger partial charge in [-0.1, -0.05) is 30.3 Å². The maximum absolute atomic E-state index is 13.4. The molecule has 1 aromatic heterocycles. The van der Waals surface area contributed by atoms with E-state index in [0.29, 0.717) is 41.7 Å². The number of hydrogen-bond acceptors (Lipinski definition) is 7. The Kier molecular flexibility index (Phi) is 6.19. The number of tetrazole rings is 1. The van der Waals surface area contributed by atoms with Crippen molar-refractivity contribution in [1.82, 2.24) is 20.2 Å². The van der Waals surface area contributed by atoms with Crippen molar-refractivity contribution in [3.63, 3.8) is 0 Å². The van der Waals surface area contributed by atoms with Crippen molar-refractivity contribution >= 4 is 5.97 Å². The summed E-state index contributed by atoms with van der Waals surface area (Å²) in [5.74, 6) is -1.56. The van der Waals surface area contributed by atoms with Gasteiger partial charge in [-0.3, -0.25) is 4.79 Å². The normalized spacial score (nSPS) is 25.9. The highest BCUT2D eigenvalue weighted by Gasteiger charge is 2.56. The van der Waals surface area contributed by atoms with Crippen LogP contribution in [0, 0.1) is 5.92 Å². The van der Waals surface area contributed by atoms with E-state index in [1.54, 1.807) is 12.1 Å². The molecule has 2 fully saturated rings. The van der Waals surface area contributed by atoms with Gasteiger partial charge < -0.3 is 14.2 Å². The number of alkyl halides is 3. The number of methoxy groups -OCH3 is 2. The van der Waals surface area contributed by atoms with E-state index in [1.165, 1.54) is 20.3 Å². The van der Waals surface area contributed by atoms with Crippen molar-refractivity contribution in [3.05, 3.63) is 65.5 Å². The van der Waals surface area contributed by atoms with E-state index in [4.69, 9.17) is 14.2 Å². The van der Waals surface area contributed by atoms with Crippen molar-refractivity contribution < 1.29 is 32.2 Å². The lowest BCUT2D eigenvalue weighted by Crippen LogP contribution is -2.35. The lowest BCUT2D eigenvalue weighted by atomic mass is 9.78. The summed E-state index contributed by atoms with van der Waals surface area (Å²) in [5, 5.41) is 9.88. The first-order chi connectivity index (χ1) is 17.3. The monoisotopic (exact) mass is 502 g/mol. The van der Waals surface area contributed by atoms with Gasteiger partial charge in [-0.15, -0.1) is 5.10 Å². The third-order valence-corrected chi connectivity index (χ3v) is 7.24. The van der Waals surface area contributed by atoms with Gasteiger partial charge in [0.2, 0.25) is 0 Å².